The normalized spacial score (nSPS) is 11.8. The third-order valence-corrected chi connectivity index (χ3v) is 7.70. The fraction of sp³-hybridized carbons (Fsp3) is 0.167. The largest absolute Gasteiger partial charge is 0.330 e. The SMILES string of the molecule is C#CCC(c1nc2cc(Cl)ccc2c(=O)n1Nc1ccccc1)N(CCCN)C(=O)c1cc2ccccc2s1. The summed E-state index contributed by atoms with van der Waals surface area (Å²) in [4.78, 5) is 35.0. The predicted octanol–water partition coefficient (Wildman–Crippen LogP) is 5.70. The van der Waals surface area contributed by atoms with E-state index in [9.17, 15) is 9.59 Å². The molecule has 0 bridgehead atoms. The number of carbonyl (C=O) groups excluding carboxylic acids is 1. The second-order valence-corrected chi connectivity index (χ2v) is 10.5. The van der Waals surface area contributed by atoms with Crippen molar-refractivity contribution < 1.29 is 4.79 Å². The molecule has 0 aliphatic carbocycles. The number of nitrogens with two attached hydrogens (primary N) is 1. The highest BCUT2D eigenvalue weighted by molar-refractivity contribution is 7.20. The zero-order chi connectivity index (χ0) is 27.4. The van der Waals surface area contributed by atoms with Gasteiger partial charge in [0.25, 0.3) is 11.5 Å². The number of amides is 1. The molecule has 5 aromatic rings. The Morgan fingerprint density at radius 3 is 2.64 bits per heavy atom. The number of rotatable bonds is 9. The van der Waals surface area contributed by atoms with E-state index in [0.717, 1.165) is 10.1 Å². The predicted molar refractivity (Wildman–Crippen MR) is 159 cm³/mol. The maximum Gasteiger partial charge on any atom is 0.280 e. The lowest BCUT2D eigenvalue weighted by atomic mass is 10.1. The molecule has 0 aliphatic rings. The molecule has 0 saturated heterocycles. The fourth-order valence-electron chi connectivity index (χ4n) is 4.49. The van der Waals surface area contributed by atoms with Gasteiger partial charge in [-0.25, -0.2) is 9.66 Å². The summed E-state index contributed by atoms with van der Waals surface area (Å²) in [5, 5.41) is 1.82. The number of terminal acetylenes is 1. The van der Waals surface area contributed by atoms with Crippen LogP contribution in [0.15, 0.2) is 83.7 Å². The van der Waals surface area contributed by atoms with Gasteiger partial charge in [-0.15, -0.1) is 23.7 Å². The van der Waals surface area contributed by atoms with Crippen molar-refractivity contribution in [2.75, 3.05) is 18.5 Å². The van der Waals surface area contributed by atoms with E-state index in [1.807, 2.05) is 60.7 Å². The molecule has 3 aromatic carbocycles. The topological polar surface area (TPSA) is 93.2 Å². The third-order valence-electron chi connectivity index (χ3n) is 6.36. The van der Waals surface area contributed by atoms with Gasteiger partial charge in [0.2, 0.25) is 0 Å². The molecule has 196 valence electrons. The minimum Gasteiger partial charge on any atom is -0.330 e. The second kappa shape index (κ2) is 11.7. The Labute approximate surface area is 234 Å². The number of para-hydroxylation sites is 1. The van der Waals surface area contributed by atoms with Gasteiger partial charge in [0.15, 0.2) is 5.82 Å². The smallest absolute Gasteiger partial charge is 0.280 e. The zero-order valence-corrected chi connectivity index (χ0v) is 22.6. The first-order valence-electron chi connectivity index (χ1n) is 12.5. The Morgan fingerprint density at radius 1 is 1.13 bits per heavy atom. The van der Waals surface area contributed by atoms with Gasteiger partial charge in [-0.2, -0.15) is 0 Å². The summed E-state index contributed by atoms with van der Waals surface area (Å²) in [5.74, 6) is 2.81. The van der Waals surface area contributed by atoms with Crippen molar-refractivity contribution >= 4 is 55.5 Å². The zero-order valence-electron chi connectivity index (χ0n) is 21.0. The summed E-state index contributed by atoms with van der Waals surface area (Å²) in [5.41, 5.74) is 9.81. The van der Waals surface area contributed by atoms with E-state index in [0.29, 0.717) is 51.8 Å². The van der Waals surface area contributed by atoms with Crippen LogP contribution in [0.2, 0.25) is 5.02 Å². The van der Waals surface area contributed by atoms with Gasteiger partial charge in [0.05, 0.1) is 21.5 Å². The van der Waals surface area contributed by atoms with Crippen molar-refractivity contribution in [1.82, 2.24) is 14.6 Å². The Morgan fingerprint density at radius 2 is 1.90 bits per heavy atom. The summed E-state index contributed by atoms with van der Waals surface area (Å²) >= 11 is 7.68. The van der Waals surface area contributed by atoms with Crippen LogP contribution in [0.1, 0.15) is 34.4 Å². The number of anilines is 1. The molecule has 0 radical (unpaired) electrons. The number of halogens is 1. The van der Waals surface area contributed by atoms with Gasteiger partial charge < -0.3 is 10.6 Å². The van der Waals surface area contributed by atoms with Gasteiger partial charge in [0.1, 0.15) is 6.04 Å². The number of fused-ring (bicyclic) bond motifs is 2. The number of aromatic nitrogens is 2. The summed E-state index contributed by atoms with van der Waals surface area (Å²) in [7, 11) is 0. The molecule has 2 heterocycles. The highest BCUT2D eigenvalue weighted by atomic mass is 35.5. The Hall–Kier alpha value is -4.16. The first-order chi connectivity index (χ1) is 19.0. The molecule has 3 N–H and O–H groups in total. The van der Waals surface area contributed by atoms with Crippen molar-refractivity contribution in [3.63, 3.8) is 0 Å². The van der Waals surface area contributed by atoms with E-state index in [4.69, 9.17) is 28.7 Å². The van der Waals surface area contributed by atoms with E-state index < -0.39 is 6.04 Å². The highest BCUT2D eigenvalue weighted by Crippen LogP contribution is 2.31. The quantitative estimate of drug-likeness (QED) is 0.228. The van der Waals surface area contributed by atoms with Crippen molar-refractivity contribution in [1.29, 1.82) is 0 Å². The highest BCUT2D eigenvalue weighted by Gasteiger charge is 2.31. The summed E-state index contributed by atoms with van der Waals surface area (Å²) < 4.78 is 2.38. The van der Waals surface area contributed by atoms with Crippen molar-refractivity contribution in [3.05, 3.63) is 105 Å². The summed E-state index contributed by atoms with van der Waals surface area (Å²) in [6.07, 6.45) is 6.53. The van der Waals surface area contributed by atoms with Crippen LogP contribution < -0.4 is 16.7 Å². The van der Waals surface area contributed by atoms with E-state index in [-0.39, 0.29) is 17.9 Å². The van der Waals surface area contributed by atoms with Gasteiger partial charge in [0, 0.05) is 22.7 Å². The van der Waals surface area contributed by atoms with E-state index >= 15 is 0 Å². The molecule has 9 heteroatoms. The van der Waals surface area contributed by atoms with Crippen LogP contribution in [0.5, 0.6) is 0 Å². The molecule has 1 amide bonds. The number of hydrogen-bond donors (Lipinski definition) is 2. The fourth-order valence-corrected chi connectivity index (χ4v) is 5.68. The molecule has 5 rings (SSSR count). The molecule has 7 nitrogen and oxygen atoms in total. The van der Waals surface area contributed by atoms with E-state index in [1.54, 1.807) is 23.1 Å². The monoisotopic (exact) mass is 555 g/mol. The van der Waals surface area contributed by atoms with Crippen molar-refractivity contribution in [3.8, 4) is 12.3 Å². The summed E-state index contributed by atoms with van der Waals surface area (Å²) in [6, 6.07) is 23.2. The van der Waals surface area contributed by atoms with Crippen LogP contribution >= 0.6 is 22.9 Å². The first-order valence-corrected chi connectivity index (χ1v) is 13.7. The molecular formula is C30H26ClN5O2S. The molecular weight excluding hydrogens is 530 g/mol. The molecule has 0 fully saturated rings. The average molecular weight is 556 g/mol. The lowest BCUT2D eigenvalue weighted by Gasteiger charge is -2.31. The number of nitrogens with one attached hydrogen (secondary N) is 1. The lowest BCUT2D eigenvalue weighted by Crippen LogP contribution is -2.41. The number of benzene rings is 3. The second-order valence-electron chi connectivity index (χ2n) is 8.96. The molecule has 1 atom stereocenters. The molecule has 0 saturated carbocycles. The first kappa shape index (κ1) is 26.4. The number of nitrogens with zero attached hydrogens (tertiary/aromatic N) is 3. The van der Waals surface area contributed by atoms with E-state index in [2.05, 4.69) is 11.3 Å². The Balaban J connectivity index is 1.69. The molecule has 1 unspecified atom stereocenters. The average Bonchev–Trinajstić information content (AvgIpc) is 3.39. The lowest BCUT2D eigenvalue weighted by molar-refractivity contribution is 0.0671. The van der Waals surface area contributed by atoms with Gasteiger partial charge in [-0.1, -0.05) is 48.0 Å². The van der Waals surface area contributed by atoms with Crippen molar-refractivity contribution in [2.45, 2.75) is 18.9 Å². The third kappa shape index (κ3) is 5.52. The van der Waals surface area contributed by atoms with Crippen LogP contribution in [0, 0.1) is 12.3 Å². The maximum absolute atomic E-state index is 14.1. The van der Waals surface area contributed by atoms with Crippen LogP contribution in [-0.4, -0.2) is 33.6 Å². The maximum atomic E-state index is 14.1. The summed E-state index contributed by atoms with van der Waals surface area (Å²) in [6.45, 7) is 0.722. The molecule has 0 aliphatic heterocycles. The van der Waals surface area contributed by atoms with Gasteiger partial charge >= 0.3 is 0 Å². The van der Waals surface area contributed by atoms with E-state index in [1.165, 1.54) is 16.0 Å². The Kier molecular flexibility index (Phi) is 7.94. The number of thiophene rings is 1. The number of carbonyl (C=O) groups is 1. The van der Waals surface area contributed by atoms with Gasteiger partial charge in [-0.05, 0) is 60.8 Å². The number of hydrogen-bond acceptors (Lipinski definition) is 6. The van der Waals surface area contributed by atoms with Crippen LogP contribution in [0.3, 0.4) is 0 Å². The van der Waals surface area contributed by atoms with Crippen LogP contribution in [0.25, 0.3) is 21.0 Å². The minimum atomic E-state index is -0.716. The molecule has 39 heavy (non-hydrogen) atoms. The van der Waals surface area contributed by atoms with Crippen molar-refractivity contribution in [2.24, 2.45) is 5.73 Å². The van der Waals surface area contributed by atoms with Gasteiger partial charge in [-0.3, -0.25) is 15.0 Å². The Bertz CT molecular complexity index is 1710. The standard InChI is InChI=1S/C30H26ClN5O2S/c1-2-9-25(35(17-8-16-32)30(38)27-18-20-10-6-7-13-26(20)39-27)28-33-24-19-21(31)14-15-23(24)29(37)36(28)34-22-11-4-3-5-12-22/h1,3-7,10-15,18-19,25,34H,8-9,16-17,32H2. The minimum absolute atomic E-state index is 0.135. The molecule has 2 aromatic heterocycles. The van der Waals surface area contributed by atoms with Crippen LogP contribution in [0.4, 0.5) is 5.69 Å². The molecule has 0 spiro atoms. The van der Waals surface area contributed by atoms with Crippen LogP contribution in [-0.2, 0) is 0 Å².